The highest BCUT2D eigenvalue weighted by molar-refractivity contribution is 9.10. The molecule has 0 aliphatic rings. The third-order valence-corrected chi connectivity index (χ3v) is 3.89. The Morgan fingerprint density at radius 3 is 2.61 bits per heavy atom. The minimum absolute atomic E-state index is 0.117. The summed E-state index contributed by atoms with van der Waals surface area (Å²) in [6.45, 7) is 8.33. The van der Waals surface area contributed by atoms with Crippen molar-refractivity contribution in [1.29, 1.82) is 0 Å². The molecule has 0 saturated heterocycles. The molecule has 0 saturated carbocycles. The van der Waals surface area contributed by atoms with Crippen LogP contribution in [0.4, 0.5) is 4.39 Å². The van der Waals surface area contributed by atoms with Crippen molar-refractivity contribution in [1.82, 2.24) is 4.90 Å². The van der Waals surface area contributed by atoms with Crippen LogP contribution in [-0.4, -0.2) is 17.5 Å². The zero-order chi connectivity index (χ0) is 13.5. The average molecular weight is 316 g/mol. The average Bonchev–Trinajstić information content (AvgIpc) is 2.36. The Morgan fingerprint density at radius 1 is 1.33 bits per heavy atom. The SMILES string of the molecule is CCCCN(Cc1ccc(Br)cc1F)C(C)CC. The van der Waals surface area contributed by atoms with E-state index in [1.54, 1.807) is 6.07 Å². The molecule has 1 aromatic rings. The van der Waals surface area contributed by atoms with Crippen molar-refractivity contribution in [2.24, 2.45) is 0 Å². The molecule has 0 aliphatic heterocycles. The van der Waals surface area contributed by atoms with Crippen molar-refractivity contribution in [2.45, 2.75) is 52.6 Å². The Labute approximate surface area is 119 Å². The van der Waals surface area contributed by atoms with Crippen molar-refractivity contribution in [3.63, 3.8) is 0 Å². The van der Waals surface area contributed by atoms with Crippen molar-refractivity contribution in [3.8, 4) is 0 Å². The topological polar surface area (TPSA) is 3.24 Å². The van der Waals surface area contributed by atoms with Crippen LogP contribution in [0.15, 0.2) is 22.7 Å². The van der Waals surface area contributed by atoms with Gasteiger partial charge < -0.3 is 0 Å². The molecule has 1 aromatic carbocycles. The quantitative estimate of drug-likeness (QED) is 0.685. The molecule has 1 rings (SSSR count). The molecule has 1 atom stereocenters. The highest BCUT2D eigenvalue weighted by atomic mass is 79.9. The molecular formula is C15H23BrFN. The number of nitrogens with zero attached hydrogens (tertiary/aromatic N) is 1. The Kier molecular flexibility index (Phi) is 6.87. The van der Waals surface area contributed by atoms with Crippen LogP contribution in [0.2, 0.25) is 0 Å². The normalized spacial score (nSPS) is 13.0. The lowest BCUT2D eigenvalue weighted by Gasteiger charge is -2.28. The maximum absolute atomic E-state index is 13.8. The molecule has 0 heterocycles. The molecule has 0 aromatic heterocycles. The van der Waals surface area contributed by atoms with Gasteiger partial charge in [0.2, 0.25) is 0 Å². The van der Waals surface area contributed by atoms with Crippen LogP contribution in [0, 0.1) is 5.82 Å². The number of benzene rings is 1. The fourth-order valence-electron chi connectivity index (χ4n) is 1.94. The molecule has 0 aliphatic carbocycles. The van der Waals surface area contributed by atoms with E-state index in [4.69, 9.17) is 0 Å². The minimum atomic E-state index is -0.117. The van der Waals surface area contributed by atoms with Gasteiger partial charge in [-0.3, -0.25) is 4.90 Å². The molecule has 0 N–H and O–H groups in total. The summed E-state index contributed by atoms with van der Waals surface area (Å²) >= 11 is 3.29. The van der Waals surface area contributed by atoms with Gasteiger partial charge in [-0.25, -0.2) is 4.39 Å². The molecule has 18 heavy (non-hydrogen) atoms. The Hall–Kier alpha value is -0.410. The van der Waals surface area contributed by atoms with E-state index in [0.29, 0.717) is 12.6 Å². The predicted molar refractivity (Wildman–Crippen MR) is 79.2 cm³/mol. The molecular weight excluding hydrogens is 293 g/mol. The molecule has 0 bridgehead atoms. The molecule has 1 nitrogen and oxygen atoms in total. The van der Waals surface area contributed by atoms with Gasteiger partial charge in [-0.05, 0) is 38.4 Å². The maximum Gasteiger partial charge on any atom is 0.128 e. The van der Waals surface area contributed by atoms with Crippen molar-refractivity contribution >= 4 is 15.9 Å². The third-order valence-electron chi connectivity index (χ3n) is 3.40. The van der Waals surface area contributed by atoms with E-state index in [-0.39, 0.29) is 5.82 Å². The highest BCUT2D eigenvalue weighted by Gasteiger charge is 2.14. The fourth-order valence-corrected chi connectivity index (χ4v) is 2.28. The lowest BCUT2D eigenvalue weighted by atomic mass is 10.1. The Balaban J connectivity index is 2.75. The zero-order valence-electron chi connectivity index (χ0n) is 11.5. The van der Waals surface area contributed by atoms with Crippen LogP contribution in [0.5, 0.6) is 0 Å². The van der Waals surface area contributed by atoms with E-state index in [2.05, 4.69) is 41.6 Å². The first kappa shape index (κ1) is 15.6. The maximum atomic E-state index is 13.8. The molecule has 0 amide bonds. The van der Waals surface area contributed by atoms with E-state index in [9.17, 15) is 4.39 Å². The molecule has 3 heteroatoms. The van der Waals surface area contributed by atoms with Crippen LogP contribution in [-0.2, 0) is 6.54 Å². The minimum Gasteiger partial charge on any atom is -0.296 e. The summed E-state index contributed by atoms with van der Waals surface area (Å²) < 4.78 is 14.6. The summed E-state index contributed by atoms with van der Waals surface area (Å²) in [5.74, 6) is -0.117. The first-order valence-electron chi connectivity index (χ1n) is 6.76. The number of halogens is 2. The number of rotatable bonds is 7. The van der Waals surface area contributed by atoms with Gasteiger partial charge in [-0.2, -0.15) is 0 Å². The zero-order valence-corrected chi connectivity index (χ0v) is 13.1. The summed E-state index contributed by atoms with van der Waals surface area (Å²) in [6.07, 6.45) is 3.44. The summed E-state index contributed by atoms with van der Waals surface area (Å²) in [4.78, 5) is 2.37. The third kappa shape index (κ3) is 4.69. The van der Waals surface area contributed by atoms with Crippen LogP contribution in [0.3, 0.4) is 0 Å². The second-order valence-electron chi connectivity index (χ2n) is 4.82. The van der Waals surface area contributed by atoms with E-state index >= 15 is 0 Å². The van der Waals surface area contributed by atoms with E-state index in [1.807, 2.05) is 12.1 Å². The van der Waals surface area contributed by atoms with Gasteiger partial charge in [0.05, 0.1) is 0 Å². The number of hydrogen-bond acceptors (Lipinski definition) is 1. The molecule has 0 fully saturated rings. The second-order valence-corrected chi connectivity index (χ2v) is 5.73. The van der Waals surface area contributed by atoms with Gasteiger partial charge >= 0.3 is 0 Å². The monoisotopic (exact) mass is 315 g/mol. The summed E-state index contributed by atoms with van der Waals surface area (Å²) in [5, 5.41) is 0. The largest absolute Gasteiger partial charge is 0.296 e. The predicted octanol–water partition coefficient (Wildman–Crippen LogP) is 4.99. The molecule has 102 valence electrons. The molecule has 0 radical (unpaired) electrons. The summed E-state index contributed by atoms with van der Waals surface area (Å²) in [5.41, 5.74) is 0.787. The van der Waals surface area contributed by atoms with Gasteiger partial charge in [0.1, 0.15) is 5.82 Å². The molecule has 1 unspecified atom stereocenters. The van der Waals surface area contributed by atoms with Gasteiger partial charge in [0, 0.05) is 22.6 Å². The van der Waals surface area contributed by atoms with Gasteiger partial charge in [-0.15, -0.1) is 0 Å². The summed E-state index contributed by atoms with van der Waals surface area (Å²) in [6, 6.07) is 5.83. The van der Waals surface area contributed by atoms with E-state index in [0.717, 1.165) is 23.0 Å². The Bertz CT molecular complexity index is 368. The highest BCUT2D eigenvalue weighted by Crippen LogP contribution is 2.18. The lowest BCUT2D eigenvalue weighted by Crippen LogP contribution is -2.33. The van der Waals surface area contributed by atoms with E-state index in [1.165, 1.54) is 12.8 Å². The lowest BCUT2D eigenvalue weighted by molar-refractivity contribution is 0.190. The van der Waals surface area contributed by atoms with Crippen LogP contribution in [0.25, 0.3) is 0 Å². The number of unbranched alkanes of at least 4 members (excludes halogenated alkanes) is 1. The van der Waals surface area contributed by atoms with E-state index < -0.39 is 0 Å². The second kappa shape index (κ2) is 7.90. The van der Waals surface area contributed by atoms with Gasteiger partial charge in [0.15, 0.2) is 0 Å². The Morgan fingerprint density at radius 2 is 2.06 bits per heavy atom. The summed E-state index contributed by atoms with van der Waals surface area (Å²) in [7, 11) is 0. The fraction of sp³-hybridized carbons (Fsp3) is 0.600. The van der Waals surface area contributed by atoms with Crippen LogP contribution in [0.1, 0.15) is 45.6 Å². The first-order valence-corrected chi connectivity index (χ1v) is 7.55. The first-order chi connectivity index (χ1) is 8.58. The smallest absolute Gasteiger partial charge is 0.128 e. The van der Waals surface area contributed by atoms with Crippen molar-refractivity contribution in [2.75, 3.05) is 6.54 Å². The standard InChI is InChI=1S/C15H23BrFN/c1-4-6-9-18(12(3)5-2)11-13-7-8-14(16)10-15(13)17/h7-8,10,12H,4-6,9,11H2,1-3H3. The van der Waals surface area contributed by atoms with Crippen LogP contribution < -0.4 is 0 Å². The van der Waals surface area contributed by atoms with Crippen molar-refractivity contribution in [3.05, 3.63) is 34.1 Å². The number of hydrogen-bond donors (Lipinski definition) is 0. The van der Waals surface area contributed by atoms with Crippen LogP contribution >= 0.6 is 15.9 Å². The molecule has 0 spiro atoms. The van der Waals surface area contributed by atoms with Gasteiger partial charge in [0.25, 0.3) is 0 Å². The van der Waals surface area contributed by atoms with Gasteiger partial charge in [-0.1, -0.05) is 42.3 Å². The van der Waals surface area contributed by atoms with Crippen molar-refractivity contribution < 1.29 is 4.39 Å².